The highest BCUT2D eigenvalue weighted by atomic mass is 16.2. The predicted octanol–water partition coefficient (Wildman–Crippen LogP) is 3.31. The van der Waals surface area contributed by atoms with Gasteiger partial charge in [-0.25, -0.2) is 0 Å². The van der Waals surface area contributed by atoms with Crippen molar-refractivity contribution in [1.29, 1.82) is 0 Å². The van der Waals surface area contributed by atoms with E-state index in [1.165, 1.54) is 0 Å². The average molecular weight is 344 g/mol. The maximum absolute atomic E-state index is 12.8. The minimum atomic E-state index is -0.0471. The van der Waals surface area contributed by atoms with E-state index >= 15 is 0 Å². The van der Waals surface area contributed by atoms with Gasteiger partial charge in [0, 0.05) is 37.7 Å². The minimum Gasteiger partial charge on any atom is -0.315 e. The number of rotatable bonds is 0. The molecule has 3 aromatic rings. The molecule has 0 saturated carbocycles. The molecule has 1 aromatic heterocycles. The van der Waals surface area contributed by atoms with Crippen LogP contribution in [0, 0.1) is 0 Å². The Kier molecular flexibility index (Phi) is 3.76. The van der Waals surface area contributed by atoms with Gasteiger partial charge in [-0.1, -0.05) is 30.8 Å². The normalized spacial score (nSPS) is 14.5. The van der Waals surface area contributed by atoms with Crippen LogP contribution in [0.25, 0.3) is 16.5 Å². The van der Waals surface area contributed by atoms with Gasteiger partial charge in [0.25, 0.3) is 5.56 Å². The van der Waals surface area contributed by atoms with Crippen LogP contribution in [0.3, 0.4) is 0 Å². The number of allylic oxidation sites excluding steroid dienone is 1. The molecule has 0 aliphatic carbocycles. The zero-order valence-corrected chi connectivity index (χ0v) is 15.0. The molecule has 4 nitrogen and oxygen atoms in total. The zero-order chi connectivity index (χ0) is 18.4. The maximum atomic E-state index is 12.8. The van der Waals surface area contributed by atoms with Gasteiger partial charge in [0.05, 0.1) is 11.9 Å². The number of hydrogen-bond donors (Lipinski definition) is 0. The van der Waals surface area contributed by atoms with Crippen LogP contribution in [0.4, 0.5) is 5.69 Å². The zero-order valence-electron chi connectivity index (χ0n) is 15.0. The Balaban J connectivity index is 2.02. The summed E-state index contributed by atoms with van der Waals surface area (Å²) in [5.41, 5.74) is 5.71. The molecular formula is C22H20N2O2. The highest BCUT2D eigenvalue weighted by Gasteiger charge is 2.22. The van der Waals surface area contributed by atoms with E-state index in [4.69, 9.17) is 0 Å². The maximum Gasteiger partial charge on any atom is 0.250 e. The molecular weight excluding hydrogens is 324 g/mol. The molecule has 0 radical (unpaired) electrons. The summed E-state index contributed by atoms with van der Waals surface area (Å²) < 4.78 is 1.64. The first-order valence-electron chi connectivity index (χ1n) is 8.61. The molecule has 0 spiro atoms. The number of carbonyl (C=O) groups excluding carboxylic acids is 1. The summed E-state index contributed by atoms with van der Waals surface area (Å²) >= 11 is 0. The van der Waals surface area contributed by atoms with E-state index in [1.807, 2.05) is 49.5 Å². The van der Waals surface area contributed by atoms with Crippen molar-refractivity contribution in [2.75, 3.05) is 11.9 Å². The van der Waals surface area contributed by atoms with E-state index in [9.17, 15) is 9.59 Å². The second-order valence-electron chi connectivity index (χ2n) is 6.79. The van der Waals surface area contributed by atoms with E-state index in [-0.39, 0.29) is 11.5 Å². The lowest BCUT2D eigenvalue weighted by Gasteiger charge is -2.22. The van der Waals surface area contributed by atoms with Crippen LogP contribution in [-0.4, -0.2) is 17.5 Å². The van der Waals surface area contributed by atoms with Gasteiger partial charge < -0.3 is 9.47 Å². The predicted molar refractivity (Wildman–Crippen MR) is 105 cm³/mol. The fraction of sp³-hybridized carbons (Fsp3) is 0.182. The van der Waals surface area contributed by atoms with Gasteiger partial charge in [-0.2, -0.15) is 0 Å². The molecule has 0 unspecified atom stereocenters. The van der Waals surface area contributed by atoms with Crippen molar-refractivity contribution in [2.45, 2.75) is 12.8 Å². The number of aryl methyl sites for hydroxylation is 1. The lowest BCUT2D eigenvalue weighted by atomic mass is 9.92. The first-order valence-corrected chi connectivity index (χ1v) is 8.61. The topological polar surface area (TPSA) is 42.3 Å². The van der Waals surface area contributed by atoms with Crippen LogP contribution in [0.1, 0.15) is 16.7 Å². The number of carbonyl (C=O) groups is 1. The van der Waals surface area contributed by atoms with Gasteiger partial charge in [-0.05, 0) is 40.5 Å². The molecule has 130 valence electrons. The molecule has 1 aliphatic heterocycles. The lowest BCUT2D eigenvalue weighted by Crippen LogP contribution is -2.28. The fourth-order valence-corrected chi connectivity index (χ4v) is 3.75. The van der Waals surface area contributed by atoms with Gasteiger partial charge >= 0.3 is 0 Å². The number of nitrogens with zero attached hydrogens (tertiary/aromatic N) is 2. The molecule has 1 amide bonds. The number of anilines is 1. The summed E-state index contributed by atoms with van der Waals surface area (Å²) in [4.78, 5) is 26.6. The molecule has 0 fully saturated rings. The monoisotopic (exact) mass is 344 g/mol. The Labute approximate surface area is 152 Å². The molecule has 0 saturated heterocycles. The van der Waals surface area contributed by atoms with Crippen LogP contribution in [0.5, 0.6) is 0 Å². The summed E-state index contributed by atoms with van der Waals surface area (Å²) in [5.74, 6) is 0.0394. The van der Waals surface area contributed by atoms with Gasteiger partial charge in [-0.3, -0.25) is 9.59 Å². The molecule has 4 heteroatoms. The Morgan fingerprint density at radius 2 is 1.69 bits per heavy atom. The smallest absolute Gasteiger partial charge is 0.250 e. The van der Waals surface area contributed by atoms with Crippen molar-refractivity contribution in [3.63, 3.8) is 0 Å². The van der Waals surface area contributed by atoms with E-state index < -0.39 is 0 Å². The summed E-state index contributed by atoms with van der Waals surface area (Å²) in [5, 5.41) is 0.977. The summed E-state index contributed by atoms with van der Waals surface area (Å²) in [7, 11) is 3.58. The Morgan fingerprint density at radius 1 is 0.923 bits per heavy atom. The van der Waals surface area contributed by atoms with Crippen molar-refractivity contribution < 1.29 is 4.79 Å². The van der Waals surface area contributed by atoms with Crippen molar-refractivity contribution >= 4 is 28.1 Å². The standard InChI is InChI=1S/C22H20N2O2/c1-14-12-18-17-8-11-21(25)23(2)19(17)9-10-20(18)24(3)22(26)13-15-6-4-5-7-16(14)15/h4-11H,1,12-13H2,2-3H3. The van der Waals surface area contributed by atoms with Gasteiger partial charge in [0.15, 0.2) is 0 Å². The summed E-state index contributed by atoms with van der Waals surface area (Å²) in [6.45, 7) is 4.30. The number of amides is 1. The molecule has 0 N–H and O–H groups in total. The van der Waals surface area contributed by atoms with Crippen molar-refractivity contribution in [3.8, 4) is 0 Å². The second-order valence-corrected chi connectivity index (χ2v) is 6.79. The first kappa shape index (κ1) is 16.3. The number of aromatic nitrogens is 1. The second kappa shape index (κ2) is 5.99. The van der Waals surface area contributed by atoms with Gasteiger partial charge in [-0.15, -0.1) is 0 Å². The van der Waals surface area contributed by atoms with Gasteiger partial charge in [0.1, 0.15) is 0 Å². The van der Waals surface area contributed by atoms with Crippen LogP contribution in [0.2, 0.25) is 0 Å². The number of hydrogen-bond acceptors (Lipinski definition) is 2. The van der Waals surface area contributed by atoms with Crippen molar-refractivity contribution in [3.05, 3.63) is 82.2 Å². The van der Waals surface area contributed by atoms with E-state index in [0.717, 1.165) is 38.9 Å². The Morgan fingerprint density at radius 3 is 2.50 bits per heavy atom. The summed E-state index contributed by atoms with van der Waals surface area (Å²) in [6, 6.07) is 15.2. The van der Waals surface area contributed by atoms with Crippen molar-refractivity contribution in [2.24, 2.45) is 7.05 Å². The number of likely N-dealkylation sites (N-methyl/N-ethyl adjacent to an activating group) is 1. The minimum absolute atomic E-state index is 0.0394. The van der Waals surface area contributed by atoms with Crippen LogP contribution in [-0.2, 0) is 24.7 Å². The SMILES string of the molecule is C=C1Cc2c(ccc3c2ccc(=O)n3C)N(C)C(=O)Cc2ccccc21. The van der Waals surface area contributed by atoms with E-state index in [2.05, 4.69) is 6.58 Å². The molecule has 0 atom stereocenters. The molecule has 2 aromatic carbocycles. The molecule has 0 bridgehead atoms. The van der Waals surface area contributed by atoms with Crippen LogP contribution < -0.4 is 10.5 Å². The summed E-state index contributed by atoms with van der Waals surface area (Å²) in [6.07, 6.45) is 0.968. The average Bonchev–Trinajstić information content (AvgIpc) is 2.67. The quantitative estimate of drug-likeness (QED) is 0.628. The fourth-order valence-electron chi connectivity index (χ4n) is 3.75. The molecule has 1 aliphatic rings. The third kappa shape index (κ3) is 2.46. The molecule has 26 heavy (non-hydrogen) atoms. The van der Waals surface area contributed by atoms with E-state index in [1.54, 1.807) is 22.6 Å². The third-order valence-corrected chi connectivity index (χ3v) is 5.26. The van der Waals surface area contributed by atoms with Gasteiger partial charge in [0.2, 0.25) is 5.91 Å². The van der Waals surface area contributed by atoms with Crippen molar-refractivity contribution in [1.82, 2.24) is 4.57 Å². The first-order chi connectivity index (χ1) is 12.5. The Bertz CT molecular complexity index is 1120. The highest BCUT2D eigenvalue weighted by molar-refractivity contribution is 6.00. The van der Waals surface area contributed by atoms with E-state index in [0.29, 0.717) is 12.8 Å². The Hall–Kier alpha value is -3.14. The number of fused-ring (bicyclic) bond motifs is 4. The molecule has 4 rings (SSSR count). The van der Waals surface area contributed by atoms with Crippen LogP contribution >= 0.6 is 0 Å². The van der Waals surface area contributed by atoms with Crippen LogP contribution in [0.15, 0.2) is 59.9 Å². The number of benzene rings is 2. The highest BCUT2D eigenvalue weighted by Crippen LogP contribution is 2.34. The number of pyridine rings is 1. The third-order valence-electron chi connectivity index (χ3n) is 5.26. The lowest BCUT2D eigenvalue weighted by molar-refractivity contribution is -0.117. The molecule has 2 heterocycles. The largest absolute Gasteiger partial charge is 0.315 e.